The van der Waals surface area contributed by atoms with Crippen molar-refractivity contribution in [2.24, 2.45) is 0 Å². The average molecular weight is 503 g/mol. The molecule has 188 valence electrons. The standard InChI is InChI=1S/C29H26N8O/c1-37(2)29(38)19-11-6-10-18(14-19)20-12-7-13-23-26(20)33-25(31-23)16-21(17-8-4-3-5-9-17)22-15-24(30)32-28-27(22)34-36-35-28/h3-15,21H,16H2,1-2H3,(H,31,33)(H3,30,32,34,35,36). The van der Waals surface area contributed by atoms with Crippen LogP contribution in [0.2, 0.25) is 0 Å². The van der Waals surface area contributed by atoms with Crippen molar-refractivity contribution < 1.29 is 4.79 Å². The number of imidazole rings is 1. The Labute approximate surface area is 218 Å². The lowest BCUT2D eigenvalue weighted by molar-refractivity contribution is 0.0827. The molecule has 0 aliphatic heterocycles. The molecule has 9 nitrogen and oxygen atoms in total. The summed E-state index contributed by atoms with van der Waals surface area (Å²) in [7, 11) is 3.50. The predicted molar refractivity (Wildman–Crippen MR) is 148 cm³/mol. The van der Waals surface area contributed by atoms with E-state index in [-0.39, 0.29) is 11.8 Å². The molecule has 6 rings (SSSR count). The number of hydrogen-bond acceptors (Lipinski definition) is 6. The number of anilines is 1. The van der Waals surface area contributed by atoms with Gasteiger partial charge in [0, 0.05) is 37.6 Å². The van der Waals surface area contributed by atoms with E-state index in [1.807, 2.05) is 66.7 Å². The van der Waals surface area contributed by atoms with Crippen LogP contribution >= 0.6 is 0 Å². The molecule has 0 aliphatic rings. The molecule has 0 fully saturated rings. The molecule has 1 amide bonds. The van der Waals surface area contributed by atoms with Gasteiger partial charge in [0.25, 0.3) is 5.91 Å². The number of nitrogens with two attached hydrogens (primary N) is 1. The summed E-state index contributed by atoms with van der Waals surface area (Å²) in [6.07, 6.45) is 0.586. The number of aromatic nitrogens is 6. The number of hydrogen-bond donors (Lipinski definition) is 3. The van der Waals surface area contributed by atoms with Gasteiger partial charge in [0.05, 0.1) is 11.0 Å². The van der Waals surface area contributed by atoms with E-state index in [2.05, 4.69) is 37.5 Å². The fourth-order valence-electron chi connectivity index (χ4n) is 4.92. The number of H-pyrrole nitrogens is 2. The summed E-state index contributed by atoms with van der Waals surface area (Å²) in [6, 6.07) is 25.8. The van der Waals surface area contributed by atoms with Crippen molar-refractivity contribution in [1.29, 1.82) is 0 Å². The largest absolute Gasteiger partial charge is 0.384 e. The first kappa shape index (κ1) is 23.4. The van der Waals surface area contributed by atoms with Crippen LogP contribution in [-0.2, 0) is 6.42 Å². The van der Waals surface area contributed by atoms with E-state index in [0.29, 0.717) is 29.0 Å². The van der Waals surface area contributed by atoms with Gasteiger partial charge in [-0.15, -0.1) is 5.10 Å². The second kappa shape index (κ2) is 9.44. The van der Waals surface area contributed by atoms with Crippen molar-refractivity contribution in [3.63, 3.8) is 0 Å². The molecule has 0 aliphatic carbocycles. The predicted octanol–water partition coefficient (Wildman–Crippen LogP) is 4.55. The Balaban J connectivity index is 1.44. The molecule has 1 unspecified atom stereocenters. The number of benzene rings is 3. The van der Waals surface area contributed by atoms with E-state index >= 15 is 0 Å². The Kier molecular flexibility index (Phi) is 5.80. The summed E-state index contributed by atoms with van der Waals surface area (Å²) in [4.78, 5) is 27.0. The molecule has 4 N–H and O–H groups in total. The van der Waals surface area contributed by atoms with E-state index < -0.39 is 0 Å². The number of aromatic amines is 2. The van der Waals surface area contributed by atoms with Gasteiger partial charge in [0.15, 0.2) is 0 Å². The highest BCUT2D eigenvalue weighted by Crippen LogP contribution is 2.34. The topological polar surface area (TPSA) is 129 Å². The number of rotatable bonds is 6. The van der Waals surface area contributed by atoms with Crippen LogP contribution < -0.4 is 5.73 Å². The zero-order valence-corrected chi connectivity index (χ0v) is 21.0. The Hall–Kier alpha value is -5.05. The van der Waals surface area contributed by atoms with Crippen LogP contribution in [-0.4, -0.2) is 55.3 Å². The van der Waals surface area contributed by atoms with Crippen molar-refractivity contribution in [3.8, 4) is 11.1 Å². The van der Waals surface area contributed by atoms with Crippen LogP contribution in [0.15, 0.2) is 78.9 Å². The van der Waals surface area contributed by atoms with Crippen molar-refractivity contribution in [2.75, 3.05) is 19.8 Å². The molecular formula is C29H26N8O. The summed E-state index contributed by atoms with van der Waals surface area (Å²) in [5.74, 6) is 1.10. The molecule has 6 aromatic rings. The lowest BCUT2D eigenvalue weighted by Gasteiger charge is -2.17. The maximum Gasteiger partial charge on any atom is 0.253 e. The van der Waals surface area contributed by atoms with E-state index in [0.717, 1.165) is 39.1 Å². The van der Waals surface area contributed by atoms with Crippen LogP contribution in [0.1, 0.15) is 33.2 Å². The number of fused-ring (bicyclic) bond motifs is 2. The highest BCUT2D eigenvalue weighted by Gasteiger charge is 2.23. The zero-order valence-electron chi connectivity index (χ0n) is 21.0. The third-order valence-electron chi connectivity index (χ3n) is 6.70. The summed E-state index contributed by atoms with van der Waals surface area (Å²) >= 11 is 0. The first-order valence-electron chi connectivity index (χ1n) is 12.3. The molecule has 0 saturated heterocycles. The smallest absolute Gasteiger partial charge is 0.253 e. The SMILES string of the molecule is CN(C)C(=O)c1cccc(-c2cccc3[nH]c(CC(c4ccccc4)c4cc(N)nc5n[nH]nc45)nc23)c1. The molecule has 38 heavy (non-hydrogen) atoms. The van der Waals surface area contributed by atoms with Crippen LogP contribution in [0.3, 0.4) is 0 Å². The quantitative estimate of drug-likeness (QED) is 0.306. The maximum atomic E-state index is 12.6. The van der Waals surface area contributed by atoms with Gasteiger partial charge < -0.3 is 15.6 Å². The number of carbonyl (C=O) groups excluding carboxylic acids is 1. The number of pyridine rings is 1. The summed E-state index contributed by atoms with van der Waals surface area (Å²) in [5.41, 5.74) is 13.7. The molecule has 3 aromatic heterocycles. The van der Waals surface area contributed by atoms with Crippen molar-refractivity contribution in [1.82, 2.24) is 35.3 Å². The fourth-order valence-corrected chi connectivity index (χ4v) is 4.92. The van der Waals surface area contributed by atoms with Crippen molar-refractivity contribution in [3.05, 3.63) is 101 Å². The van der Waals surface area contributed by atoms with Gasteiger partial charge in [0.1, 0.15) is 17.2 Å². The van der Waals surface area contributed by atoms with Gasteiger partial charge in [-0.2, -0.15) is 10.3 Å². The van der Waals surface area contributed by atoms with E-state index in [4.69, 9.17) is 10.7 Å². The molecule has 0 bridgehead atoms. The van der Waals surface area contributed by atoms with Gasteiger partial charge >= 0.3 is 0 Å². The molecule has 9 heteroatoms. The van der Waals surface area contributed by atoms with Gasteiger partial charge in [-0.3, -0.25) is 4.79 Å². The van der Waals surface area contributed by atoms with Crippen molar-refractivity contribution in [2.45, 2.75) is 12.3 Å². The van der Waals surface area contributed by atoms with Gasteiger partial charge in [-0.25, -0.2) is 9.97 Å². The third-order valence-corrected chi connectivity index (χ3v) is 6.70. The van der Waals surface area contributed by atoms with Crippen LogP contribution in [0, 0.1) is 0 Å². The zero-order chi connectivity index (χ0) is 26.2. The molecule has 1 atom stereocenters. The van der Waals surface area contributed by atoms with E-state index in [9.17, 15) is 4.79 Å². The summed E-state index contributed by atoms with van der Waals surface area (Å²) in [6.45, 7) is 0. The lowest BCUT2D eigenvalue weighted by atomic mass is 9.88. The van der Waals surface area contributed by atoms with E-state index in [1.54, 1.807) is 19.0 Å². The Bertz CT molecular complexity index is 1770. The summed E-state index contributed by atoms with van der Waals surface area (Å²) < 4.78 is 0. The Morgan fingerprint density at radius 2 is 1.74 bits per heavy atom. The Morgan fingerprint density at radius 3 is 2.55 bits per heavy atom. The second-order valence-electron chi connectivity index (χ2n) is 9.47. The molecule has 0 spiro atoms. The average Bonchev–Trinajstić information content (AvgIpc) is 3.58. The Morgan fingerprint density at radius 1 is 0.921 bits per heavy atom. The molecule has 3 aromatic carbocycles. The van der Waals surface area contributed by atoms with Gasteiger partial charge in [-0.05, 0) is 41.0 Å². The highest BCUT2D eigenvalue weighted by atomic mass is 16.2. The highest BCUT2D eigenvalue weighted by molar-refractivity contribution is 5.97. The normalized spacial score (nSPS) is 12.2. The van der Waals surface area contributed by atoms with Crippen LogP contribution in [0.5, 0.6) is 0 Å². The van der Waals surface area contributed by atoms with Crippen molar-refractivity contribution >= 4 is 33.9 Å². The number of nitrogens with one attached hydrogen (secondary N) is 2. The number of carbonyl (C=O) groups is 1. The molecule has 0 saturated carbocycles. The van der Waals surface area contributed by atoms with Crippen LogP contribution in [0.25, 0.3) is 33.3 Å². The number of nitrogens with zero attached hydrogens (tertiary/aromatic N) is 5. The minimum Gasteiger partial charge on any atom is -0.384 e. The fraction of sp³-hybridized carbons (Fsp3) is 0.138. The number of para-hydroxylation sites is 1. The molecular weight excluding hydrogens is 476 g/mol. The first-order chi connectivity index (χ1) is 18.5. The third kappa shape index (κ3) is 4.24. The molecule has 3 heterocycles. The minimum absolute atomic E-state index is 0.0387. The van der Waals surface area contributed by atoms with E-state index in [1.165, 1.54) is 0 Å². The van der Waals surface area contributed by atoms with Gasteiger partial charge in [-0.1, -0.05) is 54.6 Å². The second-order valence-corrected chi connectivity index (χ2v) is 9.47. The summed E-state index contributed by atoms with van der Waals surface area (Å²) in [5, 5.41) is 11.2. The lowest BCUT2D eigenvalue weighted by Crippen LogP contribution is -2.21. The monoisotopic (exact) mass is 502 g/mol. The minimum atomic E-state index is -0.0841. The van der Waals surface area contributed by atoms with Crippen LogP contribution in [0.4, 0.5) is 5.82 Å². The van der Waals surface area contributed by atoms with Gasteiger partial charge in [0.2, 0.25) is 5.65 Å². The number of amides is 1. The first-order valence-corrected chi connectivity index (χ1v) is 12.3. The molecule has 0 radical (unpaired) electrons. The maximum absolute atomic E-state index is 12.6. The number of nitrogen functional groups attached to an aromatic ring is 1.